The molecular formula is C17H17N7O5S. The Morgan fingerprint density at radius 2 is 2.37 bits per heavy atom. The number of esters is 1. The van der Waals surface area contributed by atoms with Crippen LogP contribution in [0.15, 0.2) is 34.5 Å². The minimum absolute atomic E-state index is 0.0365. The van der Waals surface area contributed by atoms with Crippen LogP contribution in [0.5, 0.6) is 0 Å². The quantitative estimate of drug-likeness (QED) is 0.242. The van der Waals surface area contributed by atoms with E-state index in [-0.39, 0.29) is 47.5 Å². The second-order valence-electron chi connectivity index (χ2n) is 6.04. The van der Waals surface area contributed by atoms with E-state index in [0.717, 1.165) is 16.3 Å². The lowest BCUT2D eigenvalue weighted by atomic mass is 10.2. The molecule has 0 radical (unpaired) electrons. The van der Waals surface area contributed by atoms with Crippen molar-refractivity contribution >= 4 is 40.0 Å². The maximum Gasteiger partial charge on any atom is 0.357 e. The van der Waals surface area contributed by atoms with Crippen molar-refractivity contribution in [2.24, 2.45) is 5.16 Å². The van der Waals surface area contributed by atoms with Crippen LogP contribution < -0.4 is 11.1 Å². The number of nitrogen functional groups attached to an aromatic ring is 1. The molecule has 1 saturated heterocycles. The maximum atomic E-state index is 12.9. The van der Waals surface area contributed by atoms with Gasteiger partial charge in [0.2, 0.25) is 0 Å². The molecule has 0 spiro atoms. The summed E-state index contributed by atoms with van der Waals surface area (Å²) >= 11 is 1.12. The van der Waals surface area contributed by atoms with Gasteiger partial charge >= 0.3 is 5.97 Å². The minimum Gasteiger partial charge on any atom is -0.457 e. The number of anilines is 1. The van der Waals surface area contributed by atoms with Gasteiger partial charge in [0.25, 0.3) is 11.8 Å². The SMILES string of the molecule is C=CCOC(=O)C1=C(C#N)CN2C[C@H](NC(=O)/C(=N\OC)c3csc(N)n3)C(=O)N12. The van der Waals surface area contributed by atoms with E-state index in [1.54, 1.807) is 0 Å². The number of thiazole rings is 1. The molecule has 2 aliphatic heterocycles. The topological polar surface area (TPSA) is 163 Å². The van der Waals surface area contributed by atoms with Crippen LogP contribution in [-0.4, -0.2) is 71.3 Å². The number of oxime groups is 1. The lowest BCUT2D eigenvalue weighted by Crippen LogP contribution is -2.46. The summed E-state index contributed by atoms with van der Waals surface area (Å²) in [6, 6.07) is 0.922. The van der Waals surface area contributed by atoms with E-state index in [9.17, 15) is 19.6 Å². The largest absolute Gasteiger partial charge is 0.457 e. The first-order chi connectivity index (χ1) is 14.4. The number of nitrogens with one attached hydrogen (secondary N) is 1. The van der Waals surface area contributed by atoms with Crippen LogP contribution in [-0.2, 0) is 24.0 Å². The summed E-state index contributed by atoms with van der Waals surface area (Å²) in [6.45, 7) is 3.47. The molecule has 3 N–H and O–H groups in total. The third-order valence-electron chi connectivity index (χ3n) is 4.15. The maximum absolute atomic E-state index is 12.9. The second kappa shape index (κ2) is 8.72. The van der Waals surface area contributed by atoms with Gasteiger partial charge in [-0.1, -0.05) is 17.8 Å². The molecule has 12 nitrogen and oxygen atoms in total. The number of hydrazine groups is 1. The molecular weight excluding hydrogens is 414 g/mol. The molecule has 2 aliphatic rings. The Balaban J connectivity index is 1.78. The fourth-order valence-corrected chi connectivity index (χ4v) is 3.50. The molecule has 0 saturated carbocycles. The van der Waals surface area contributed by atoms with Crippen molar-refractivity contribution in [2.45, 2.75) is 6.04 Å². The standard InChI is InChI=1S/C17H17N7O5S/c1-3-4-29-16(27)13-9(5-18)6-23-7-10(15(26)24(13)23)20-14(25)12(22-28-2)11-8-30-17(19)21-11/h3,8,10H,1,4,6-7H2,2H3,(H2,19,21)(H,20,25)/b22-12-/t10-/m0/s1. The van der Waals surface area contributed by atoms with Crippen molar-refractivity contribution in [3.05, 3.63) is 35.0 Å². The molecule has 0 bridgehead atoms. The van der Waals surface area contributed by atoms with E-state index in [4.69, 9.17) is 15.3 Å². The fourth-order valence-electron chi connectivity index (χ4n) is 2.96. The van der Waals surface area contributed by atoms with Gasteiger partial charge in [-0.3, -0.25) is 9.59 Å². The third-order valence-corrected chi connectivity index (χ3v) is 4.82. The first-order valence-corrected chi connectivity index (χ1v) is 9.42. The molecule has 2 amide bonds. The molecule has 0 aromatic carbocycles. The van der Waals surface area contributed by atoms with Gasteiger partial charge in [0.1, 0.15) is 25.5 Å². The van der Waals surface area contributed by atoms with E-state index in [2.05, 4.69) is 22.0 Å². The van der Waals surface area contributed by atoms with Gasteiger partial charge in [-0.15, -0.1) is 11.3 Å². The summed E-state index contributed by atoms with van der Waals surface area (Å²) < 4.78 is 4.98. The Labute approximate surface area is 174 Å². The summed E-state index contributed by atoms with van der Waals surface area (Å²) in [5, 5.41) is 19.8. The number of ether oxygens (including phenoxy) is 1. The number of hydrogen-bond acceptors (Lipinski definition) is 11. The number of aromatic nitrogens is 1. The molecule has 1 aromatic heterocycles. The molecule has 30 heavy (non-hydrogen) atoms. The Hall–Kier alpha value is -3.76. The monoisotopic (exact) mass is 431 g/mol. The summed E-state index contributed by atoms with van der Waals surface area (Å²) in [4.78, 5) is 46.6. The van der Waals surface area contributed by atoms with Gasteiger partial charge in [-0.25, -0.2) is 19.8 Å². The molecule has 1 aromatic rings. The van der Waals surface area contributed by atoms with Crippen molar-refractivity contribution < 1.29 is 24.0 Å². The Morgan fingerprint density at radius 3 is 2.97 bits per heavy atom. The summed E-state index contributed by atoms with van der Waals surface area (Å²) in [6.07, 6.45) is 1.37. The number of hydrogen-bond donors (Lipinski definition) is 2. The molecule has 156 valence electrons. The fraction of sp³-hybridized carbons (Fsp3) is 0.294. The van der Waals surface area contributed by atoms with Crippen LogP contribution in [0, 0.1) is 11.3 Å². The zero-order valence-electron chi connectivity index (χ0n) is 15.8. The number of carbonyl (C=O) groups excluding carboxylic acids is 3. The first kappa shape index (κ1) is 21.0. The average Bonchev–Trinajstić information content (AvgIpc) is 3.39. The lowest BCUT2D eigenvalue weighted by molar-refractivity contribution is -0.146. The van der Waals surface area contributed by atoms with Gasteiger partial charge in [-0.05, 0) is 0 Å². The number of nitriles is 1. The van der Waals surface area contributed by atoms with Gasteiger partial charge in [0.05, 0.1) is 18.2 Å². The molecule has 1 fully saturated rings. The Kier molecular flexibility index (Phi) is 6.09. The van der Waals surface area contributed by atoms with E-state index >= 15 is 0 Å². The highest BCUT2D eigenvalue weighted by molar-refractivity contribution is 7.13. The summed E-state index contributed by atoms with van der Waals surface area (Å²) in [7, 11) is 1.26. The number of amides is 2. The average molecular weight is 431 g/mol. The Morgan fingerprint density at radius 1 is 1.60 bits per heavy atom. The van der Waals surface area contributed by atoms with Gasteiger partial charge < -0.3 is 20.6 Å². The molecule has 0 unspecified atom stereocenters. The van der Waals surface area contributed by atoms with Crippen molar-refractivity contribution in [1.29, 1.82) is 5.26 Å². The van der Waals surface area contributed by atoms with Crippen LogP contribution in [0.3, 0.4) is 0 Å². The molecule has 0 aliphatic carbocycles. The first-order valence-electron chi connectivity index (χ1n) is 8.54. The number of fused-ring (bicyclic) bond motifs is 1. The highest BCUT2D eigenvalue weighted by Gasteiger charge is 2.48. The molecule has 1 atom stereocenters. The highest BCUT2D eigenvalue weighted by Crippen LogP contribution is 2.29. The minimum atomic E-state index is -0.988. The number of nitrogens with zero attached hydrogens (tertiary/aromatic N) is 5. The number of carbonyl (C=O) groups is 3. The second-order valence-corrected chi connectivity index (χ2v) is 6.93. The van der Waals surface area contributed by atoms with Crippen molar-refractivity contribution in [3.8, 4) is 6.07 Å². The lowest BCUT2D eigenvalue weighted by Gasteiger charge is -2.20. The summed E-state index contributed by atoms with van der Waals surface area (Å²) in [5.41, 5.74) is 5.57. The van der Waals surface area contributed by atoms with Gasteiger partial charge in [0.15, 0.2) is 16.5 Å². The predicted molar refractivity (Wildman–Crippen MR) is 104 cm³/mol. The normalized spacial score (nSPS) is 18.8. The zero-order chi connectivity index (χ0) is 21.8. The smallest absolute Gasteiger partial charge is 0.357 e. The van der Waals surface area contributed by atoms with Crippen LogP contribution in [0.25, 0.3) is 0 Å². The highest BCUT2D eigenvalue weighted by atomic mass is 32.1. The van der Waals surface area contributed by atoms with E-state index in [0.29, 0.717) is 0 Å². The van der Waals surface area contributed by atoms with E-state index < -0.39 is 23.8 Å². The molecule has 3 rings (SSSR count). The predicted octanol–water partition coefficient (Wildman–Crippen LogP) is -0.860. The van der Waals surface area contributed by atoms with Crippen LogP contribution in [0.4, 0.5) is 5.13 Å². The van der Waals surface area contributed by atoms with Crippen molar-refractivity contribution in [2.75, 3.05) is 32.5 Å². The van der Waals surface area contributed by atoms with Gasteiger partial charge in [0, 0.05) is 11.9 Å². The molecule has 13 heteroatoms. The number of rotatable bonds is 7. The zero-order valence-corrected chi connectivity index (χ0v) is 16.6. The number of nitrogens with two attached hydrogens (primary N) is 1. The Bertz CT molecular complexity index is 1010. The van der Waals surface area contributed by atoms with Gasteiger partial charge in [-0.2, -0.15) is 5.26 Å². The van der Waals surface area contributed by atoms with Crippen LogP contribution >= 0.6 is 11.3 Å². The third kappa shape index (κ3) is 3.86. The van der Waals surface area contributed by atoms with Crippen LogP contribution in [0.2, 0.25) is 0 Å². The van der Waals surface area contributed by atoms with E-state index in [1.165, 1.54) is 23.6 Å². The molecule has 3 heterocycles. The van der Waals surface area contributed by atoms with E-state index in [1.807, 2.05) is 6.07 Å². The van der Waals surface area contributed by atoms with Crippen molar-refractivity contribution in [3.63, 3.8) is 0 Å². The van der Waals surface area contributed by atoms with Crippen molar-refractivity contribution in [1.82, 2.24) is 20.3 Å². The summed E-state index contributed by atoms with van der Waals surface area (Å²) in [5.74, 6) is -2.12. The van der Waals surface area contributed by atoms with Crippen LogP contribution in [0.1, 0.15) is 5.69 Å².